The predicted molar refractivity (Wildman–Crippen MR) is 69.4 cm³/mol. The third-order valence-electron chi connectivity index (χ3n) is 2.21. The average molecular weight is 263 g/mol. The fourth-order valence-electron chi connectivity index (χ4n) is 1.37. The van der Waals surface area contributed by atoms with Crippen LogP contribution in [0.1, 0.15) is 17.3 Å². The summed E-state index contributed by atoms with van der Waals surface area (Å²) in [5.41, 5.74) is 7.04. The van der Waals surface area contributed by atoms with E-state index in [1.807, 2.05) is 6.92 Å². The molecule has 7 heteroatoms. The van der Waals surface area contributed by atoms with Crippen LogP contribution in [0.5, 0.6) is 0 Å². The number of aromatic nitrogens is 3. The number of H-pyrrole nitrogens is 1. The van der Waals surface area contributed by atoms with Gasteiger partial charge < -0.3 is 11.1 Å². The van der Waals surface area contributed by atoms with Gasteiger partial charge in [0.2, 0.25) is 0 Å². The van der Waals surface area contributed by atoms with E-state index in [9.17, 15) is 4.79 Å². The molecule has 94 valence electrons. The molecule has 2 rings (SSSR count). The molecule has 6 nitrogen and oxygen atoms in total. The SMILES string of the molecule is CCNC(=O)c1ccc(N)c(Sc2ncn[nH]2)c1. The highest BCUT2D eigenvalue weighted by Gasteiger charge is 2.09. The summed E-state index contributed by atoms with van der Waals surface area (Å²) in [6, 6.07) is 5.15. The van der Waals surface area contributed by atoms with Crippen LogP contribution < -0.4 is 11.1 Å². The van der Waals surface area contributed by atoms with Crippen LogP contribution in [0.15, 0.2) is 34.6 Å². The molecule has 1 aromatic heterocycles. The number of hydrogen-bond donors (Lipinski definition) is 3. The van der Waals surface area contributed by atoms with Gasteiger partial charge in [0, 0.05) is 22.7 Å². The van der Waals surface area contributed by atoms with E-state index in [1.165, 1.54) is 18.1 Å². The minimum atomic E-state index is -0.114. The lowest BCUT2D eigenvalue weighted by Gasteiger charge is -2.07. The molecule has 1 aromatic carbocycles. The molecular weight excluding hydrogens is 250 g/mol. The van der Waals surface area contributed by atoms with E-state index in [1.54, 1.807) is 18.2 Å². The zero-order valence-electron chi connectivity index (χ0n) is 9.80. The molecule has 1 amide bonds. The fraction of sp³-hybridized carbons (Fsp3) is 0.182. The van der Waals surface area contributed by atoms with Gasteiger partial charge in [-0.1, -0.05) is 0 Å². The Bertz CT molecular complexity index is 540. The van der Waals surface area contributed by atoms with Crippen molar-refractivity contribution in [3.63, 3.8) is 0 Å². The van der Waals surface area contributed by atoms with Crippen molar-refractivity contribution in [2.24, 2.45) is 0 Å². The number of hydrogen-bond acceptors (Lipinski definition) is 5. The maximum atomic E-state index is 11.7. The van der Waals surface area contributed by atoms with Crippen molar-refractivity contribution in [2.75, 3.05) is 12.3 Å². The van der Waals surface area contributed by atoms with Crippen molar-refractivity contribution in [3.8, 4) is 0 Å². The molecule has 0 aliphatic carbocycles. The number of nitrogen functional groups attached to an aromatic ring is 1. The standard InChI is InChI=1S/C11H13N5OS/c1-2-13-10(17)7-3-4-8(12)9(5-7)18-11-14-6-15-16-11/h3-6H,2,12H2,1H3,(H,13,17)(H,14,15,16). The molecule has 0 unspecified atom stereocenters. The minimum Gasteiger partial charge on any atom is -0.398 e. The van der Waals surface area contributed by atoms with Crippen LogP contribution in [-0.4, -0.2) is 27.6 Å². The third-order valence-corrected chi connectivity index (χ3v) is 3.18. The predicted octanol–water partition coefficient (Wildman–Crippen LogP) is 1.29. The van der Waals surface area contributed by atoms with E-state index < -0.39 is 0 Å². The lowest BCUT2D eigenvalue weighted by atomic mass is 10.2. The van der Waals surface area contributed by atoms with E-state index in [0.717, 1.165) is 4.90 Å². The molecule has 0 aliphatic rings. The molecule has 0 spiro atoms. The molecule has 0 atom stereocenters. The van der Waals surface area contributed by atoms with E-state index in [0.29, 0.717) is 23.0 Å². The van der Waals surface area contributed by atoms with Gasteiger partial charge in [0.15, 0.2) is 5.16 Å². The summed E-state index contributed by atoms with van der Waals surface area (Å²) in [6.45, 7) is 2.47. The normalized spacial score (nSPS) is 10.3. The molecule has 0 bridgehead atoms. The topological polar surface area (TPSA) is 96.7 Å². The van der Waals surface area contributed by atoms with Crippen LogP contribution in [0, 0.1) is 0 Å². The number of carbonyl (C=O) groups excluding carboxylic acids is 1. The first-order valence-corrected chi connectivity index (χ1v) is 6.23. The average Bonchev–Trinajstić information content (AvgIpc) is 2.85. The molecule has 0 aliphatic heterocycles. The number of nitrogens with zero attached hydrogens (tertiary/aromatic N) is 2. The van der Waals surface area contributed by atoms with Gasteiger partial charge in [-0.05, 0) is 36.9 Å². The number of anilines is 1. The Morgan fingerprint density at radius 3 is 3.06 bits per heavy atom. The van der Waals surface area contributed by atoms with E-state index in [4.69, 9.17) is 5.73 Å². The first-order chi connectivity index (χ1) is 8.70. The summed E-state index contributed by atoms with van der Waals surface area (Å²) in [6.07, 6.45) is 1.42. The lowest BCUT2D eigenvalue weighted by molar-refractivity contribution is 0.0955. The lowest BCUT2D eigenvalue weighted by Crippen LogP contribution is -2.22. The number of aromatic amines is 1. The summed E-state index contributed by atoms with van der Waals surface area (Å²) in [4.78, 5) is 16.5. The quantitative estimate of drug-likeness (QED) is 0.722. The van der Waals surface area contributed by atoms with Crippen molar-refractivity contribution >= 4 is 23.4 Å². The van der Waals surface area contributed by atoms with Crippen molar-refractivity contribution in [1.29, 1.82) is 0 Å². The Morgan fingerprint density at radius 2 is 2.39 bits per heavy atom. The largest absolute Gasteiger partial charge is 0.398 e. The van der Waals surface area contributed by atoms with Gasteiger partial charge in [-0.25, -0.2) is 4.98 Å². The van der Waals surface area contributed by atoms with Crippen molar-refractivity contribution in [1.82, 2.24) is 20.5 Å². The Morgan fingerprint density at radius 1 is 1.56 bits per heavy atom. The van der Waals surface area contributed by atoms with Crippen LogP contribution >= 0.6 is 11.8 Å². The van der Waals surface area contributed by atoms with Crippen LogP contribution in [0.3, 0.4) is 0 Å². The van der Waals surface area contributed by atoms with Crippen LogP contribution in [-0.2, 0) is 0 Å². The molecule has 0 saturated carbocycles. The van der Waals surface area contributed by atoms with Gasteiger partial charge in [-0.3, -0.25) is 9.89 Å². The number of rotatable bonds is 4. The maximum absolute atomic E-state index is 11.7. The Hall–Kier alpha value is -2.02. The molecule has 1 heterocycles. The second-order valence-corrected chi connectivity index (χ2v) is 4.54. The molecule has 18 heavy (non-hydrogen) atoms. The summed E-state index contributed by atoms with van der Waals surface area (Å²) in [5, 5.41) is 9.87. The summed E-state index contributed by atoms with van der Waals surface area (Å²) in [5.74, 6) is -0.114. The van der Waals surface area contributed by atoms with Crippen molar-refractivity contribution in [2.45, 2.75) is 17.0 Å². The number of amides is 1. The number of nitrogens with one attached hydrogen (secondary N) is 2. The van der Waals surface area contributed by atoms with Gasteiger partial charge in [-0.15, -0.1) is 0 Å². The van der Waals surface area contributed by atoms with Crippen LogP contribution in [0.2, 0.25) is 0 Å². The fourth-order valence-corrected chi connectivity index (χ4v) is 2.15. The molecular formula is C11H13N5OS. The summed E-state index contributed by atoms with van der Waals surface area (Å²) in [7, 11) is 0. The smallest absolute Gasteiger partial charge is 0.251 e. The van der Waals surface area contributed by atoms with Crippen molar-refractivity contribution < 1.29 is 4.79 Å². The van der Waals surface area contributed by atoms with E-state index in [-0.39, 0.29) is 5.91 Å². The van der Waals surface area contributed by atoms with Crippen molar-refractivity contribution in [3.05, 3.63) is 30.1 Å². The highest BCUT2D eigenvalue weighted by molar-refractivity contribution is 7.99. The van der Waals surface area contributed by atoms with E-state index >= 15 is 0 Å². The molecule has 0 saturated heterocycles. The van der Waals surface area contributed by atoms with E-state index in [2.05, 4.69) is 20.5 Å². The van der Waals surface area contributed by atoms with Gasteiger partial charge in [0.1, 0.15) is 6.33 Å². The first-order valence-electron chi connectivity index (χ1n) is 5.41. The highest BCUT2D eigenvalue weighted by atomic mass is 32.2. The monoisotopic (exact) mass is 263 g/mol. The Labute approximate surface area is 108 Å². The summed E-state index contributed by atoms with van der Waals surface area (Å²) >= 11 is 1.34. The van der Waals surface area contributed by atoms with Crippen LogP contribution in [0.25, 0.3) is 0 Å². The van der Waals surface area contributed by atoms with Gasteiger partial charge in [0.25, 0.3) is 5.91 Å². The minimum absolute atomic E-state index is 0.114. The second-order valence-electron chi connectivity index (χ2n) is 3.50. The zero-order valence-corrected chi connectivity index (χ0v) is 10.6. The third kappa shape index (κ3) is 2.80. The number of benzene rings is 1. The number of nitrogens with two attached hydrogens (primary N) is 1. The Kier molecular flexibility index (Phi) is 3.83. The van der Waals surface area contributed by atoms with Crippen LogP contribution in [0.4, 0.5) is 5.69 Å². The molecule has 0 radical (unpaired) electrons. The molecule has 0 fully saturated rings. The van der Waals surface area contributed by atoms with Gasteiger partial charge in [-0.2, -0.15) is 5.10 Å². The molecule has 2 aromatic rings. The maximum Gasteiger partial charge on any atom is 0.251 e. The number of carbonyl (C=O) groups is 1. The van der Waals surface area contributed by atoms with Gasteiger partial charge >= 0.3 is 0 Å². The highest BCUT2D eigenvalue weighted by Crippen LogP contribution is 2.30. The first kappa shape index (κ1) is 12.4. The Balaban J connectivity index is 2.24. The summed E-state index contributed by atoms with van der Waals surface area (Å²) < 4.78 is 0. The second kappa shape index (κ2) is 5.54. The van der Waals surface area contributed by atoms with Gasteiger partial charge in [0.05, 0.1) is 0 Å². The molecule has 4 N–H and O–H groups in total. The zero-order chi connectivity index (χ0) is 13.0.